The molecule has 10 nitrogen and oxygen atoms in total. The average molecular weight is 547 g/mol. The molecule has 0 aliphatic carbocycles. The number of methoxy groups -OCH3 is 1. The number of ether oxygens (including phenoxy) is 1. The molecule has 10 heteroatoms. The predicted octanol–water partition coefficient (Wildman–Crippen LogP) is 1.18. The summed E-state index contributed by atoms with van der Waals surface area (Å²) in [5.41, 5.74) is 5.24. The number of rotatable bonds is 14. The summed E-state index contributed by atoms with van der Waals surface area (Å²) in [6.07, 6.45) is -0.563. The number of hydrogen-bond donors (Lipinski definition) is 5. The van der Waals surface area contributed by atoms with Crippen molar-refractivity contribution < 1.29 is 29.0 Å². The van der Waals surface area contributed by atoms with Gasteiger partial charge in [-0.2, -0.15) is 0 Å². The Kier molecular flexibility index (Phi) is 10.8. The largest absolute Gasteiger partial charge is 0.497 e. The van der Waals surface area contributed by atoms with Gasteiger partial charge in [0.05, 0.1) is 19.6 Å². The number of nitrogens with two attached hydrogens (primary N) is 1. The summed E-state index contributed by atoms with van der Waals surface area (Å²) in [5.74, 6) is -2.91. The van der Waals surface area contributed by atoms with Crippen LogP contribution in [0.3, 0.4) is 0 Å². The third-order valence-corrected chi connectivity index (χ3v) is 6.29. The van der Waals surface area contributed by atoms with E-state index in [-0.39, 0.29) is 26.1 Å². The lowest BCUT2D eigenvalue weighted by Gasteiger charge is -2.29. The zero-order valence-electron chi connectivity index (χ0n) is 22.3. The second kappa shape index (κ2) is 14.5. The maximum atomic E-state index is 13.4. The zero-order chi connectivity index (χ0) is 29.0. The van der Waals surface area contributed by atoms with E-state index >= 15 is 0 Å². The third kappa shape index (κ3) is 8.95. The third-order valence-electron chi connectivity index (χ3n) is 6.29. The van der Waals surface area contributed by atoms with E-state index in [2.05, 4.69) is 16.0 Å². The molecule has 3 rings (SSSR count). The molecule has 0 heterocycles. The first kappa shape index (κ1) is 29.9. The molecular formula is C30H34N4O6. The van der Waals surface area contributed by atoms with Crippen LogP contribution < -0.4 is 26.4 Å². The second-order valence-electron chi connectivity index (χ2n) is 9.35. The van der Waals surface area contributed by atoms with Crippen LogP contribution in [0.1, 0.15) is 29.0 Å². The van der Waals surface area contributed by atoms with Crippen molar-refractivity contribution in [3.05, 3.63) is 102 Å². The Morgan fingerprint density at radius 2 is 1.45 bits per heavy atom. The number of carbonyl (C=O) groups is 4. The van der Waals surface area contributed by atoms with Crippen LogP contribution >= 0.6 is 0 Å². The van der Waals surface area contributed by atoms with Crippen molar-refractivity contribution in [2.24, 2.45) is 5.73 Å². The molecule has 3 aromatic rings. The van der Waals surface area contributed by atoms with Gasteiger partial charge in [-0.3, -0.25) is 19.2 Å². The second-order valence-corrected chi connectivity index (χ2v) is 9.35. The molecule has 0 unspecified atom stereocenters. The Hall–Kier alpha value is -4.70. The van der Waals surface area contributed by atoms with Crippen LogP contribution in [0, 0.1) is 0 Å². The van der Waals surface area contributed by atoms with Crippen LogP contribution in [0.5, 0.6) is 5.75 Å². The van der Waals surface area contributed by atoms with Crippen molar-refractivity contribution in [2.75, 3.05) is 20.2 Å². The number of primary amides is 1. The molecule has 3 aromatic carbocycles. The molecular weight excluding hydrogens is 512 g/mol. The van der Waals surface area contributed by atoms with Crippen LogP contribution in [0.4, 0.5) is 0 Å². The van der Waals surface area contributed by atoms with Gasteiger partial charge in [-0.05, 0) is 28.8 Å². The van der Waals surface area contributed by atoms with E-state index in [0.29, 0.717) is 16.9 Å². The Labute approximate surface area is 232 Å². The van der Waals surface area contributed by atoms with Crippen LogP contribution in [-0.4, -0.2) is 54.5 Å². The number of aliphatic hydroxyl groups is 1. The molecule has 0 aliphatic heterocycles. The minimum Gasteiger partial charge on any atom is -0.497 e. The molecule has 210 valence electrons. The standard InChI is InChI=1S/C30H34N4O6/c1-40-24-14-12-23(13-15-24)25(19-32-27(36)16-26(31)35)28(37)34-20-30(39,17-21-8-4-2-5-9-21)29(38)33-18-22-10-6-3-7-11-22/h2-15,25,39H,16-20H2,1H3,(H2,31,35)(H,32,36)(H,33,38)(H,34,37)/t25-,30+/m0/s1. The molecule has 6 N–H and O–H groups in total. The highest BCUT2D eigenvalue weighted by molar-refractivity contribution is 5.96. The van der Waals surface area contributed by atoms with Gasteiger partial charge in [0, 0.05) is 19.5 Å². The van der Waals surface area contributed by atoms with E-state index in [1.165, 1.54) is 7.11 Å². The fraction of sp³-hybridized carbons (Fsp3) is 0.267. The highest BCUT2D eigenvalue weighted by atomic mass is 16.5. The van der Waals surface area contributed by atoms with E-state index < -0.39 is 41.6 Å². The first-order valence-corrected chi connectivity index (χ1v) is 12.8. The maximum absolute atomic E-state index is 13.4. The van der Waals surface area contributed by atoms with Crippen molar-refractivity contribution in [1.82, 2.24) is 16.0 Å². The normalized spacial score (nSPS) is 12.8. The van der Waals surface area contributed by atoms with E-state index in [1.54, 1.807) is 48.5 Å². The van der Waals surface area contributed by atoms with Gasteiger partial charge in [0.25, 0.3) is 5.91 Å². The average Bonchev–Trinajstić information content (AvgIpc) is 2.96. The Bertz CT molecular complexity index is 1280. The number of amides is 4. The summed E-state index contributed by atoms with van der Waals surface area (Å²) < 4.78 is 5.18. The van der Waals surface area contributed by atoms with Crippen molar-refractivity contribution in [3.63, 3.8) is 0 Å². The summed E-state index contributed by atoms with van der Waals surface area (Å²) in [4.78, 5) is 49.8. The van der Waals surface area contributed by atoms with E-state index in [1.807, 2.05) is 36.4 Å². The lowest BCUT2D eigenvalue weighted by Crippen LogP contribution is -2.56. The van der Waals surface area contributed by atoms with Crippen molar-refractivity contribution in [2.45, 2.75) is 30.9 Å². The van der Waals surface area contributed by atoms with Gasteiger partial charge in [-0.1, -0.05) is 72.8 Å². The molecule has 2 atom stereocenters. The molecule has 0 saturated carbocycles. The van der Waals surface area contributed by atoms with Crippen molar-refractivity contribution >= 4 is 23.6 Å². The van der Waals surface area contributed by atoms with Crippen LogP contribution in [0.25, 0.3) is 0 Å². The fourth-order valence-corrected chi connectivity index (χ4v) is 4.09. The van der Waals surface area contributed by atoms with Crippen LogP contribution in [-0.2, 0) is 32.1 Å². The van der Waals surface area contributed by atoms with Gasteiger partial charge in [-0.25, -0.2) is 0 Å². The first-order chi connectivity index (χ1) is 19.2. The molecule has 4 amide bonds. The molecule has 0 aromatic heterocycles. The molecule has 0 radical (unpaired) electrons. The SMILES string of the molecule is COc1ccc([C@H](CNC(=O)CC(N)=O)C(=O)NC[C@](O)(Cc2ccccc2)C(=O)NCc2ccccc2)cc1. The first-order valence-electron chi connectivity index (χ1n) is 12.8. The van der Waals surface area contributed by atoms with Crippen LogP contribution in [0.2, 0.25) is 0 Å². The highest BCUT2D eigenvalue weighted by Gasteiger charge is 2.37. The molecule has 0 fully saturated rings. The number of nitrogens with one attached hydrogen (secondary N) is 3. The van der Waals surface area contributed by atoms with Gasteiger partial charge >= 0.3 is 0 Å². The Morgan fingerprint density at radius 3 is 2.02 bits per heavy atom. The number of hydrogen-bond acceptors (Lipinski definition) is 6. The van der Waals surface area contributed by atoms with Gasteiger partial charge in [-0.15, -0.1) is 0 Å². The van der Waals surface area contributed by atoms with E-state index in [9.17, 15) is 24.3 Å². The topological polar surface area (TPSA) is 160 Å². The molecule has 0 bridgehead atoms. The Balaban J connectivity index is 1.78. The number of carbonyl (C=O) groups excluding carboxylic acids is 4. The monoisotopic (exact) mass is 546 g/mol. The summed E-state index contributed by atoms with van der Waals surface area (Å²) in [5, 5.41) is 19.5. The van der Waals surface area contributed by atoms with Gasteiger partial charge in [0.2, 0.25) is 17.7 Å². The summed E-state index contributed by atoms with van der Waals surface area (Å²) in [7, 11) is 1.51. The quantitative estimate of drug-likeness (QED) is 0.191. The van der Waals surface area contributed by atoms with Gasteiger partial charge in [0.15, 0.2) is 5.60 Å². The minimum absolute atomic E-state index is 0.0444. The van der Waals surface area contributed by atoms with E-state index in [4.69, 9.17) is 10.5 Å². The highest BCUT2D eigenvalue weighted by Crippen LogP contribution is 2.21. The lowest BCUT2D eigenvalue weighted by molar-refractivity contribution is -0.140. The van der Waals surface area contributed by atoms with Gasteiger partial charge < -0.3 is 31.5 Å². The van der Waals surface area contributed by atoms with E-state index in [0.717, 1.165) is 5.56 Å². The molecule has 0 spiro atoms. The molecule has 40 heavy (non-hydrogen) atoms. The maximum Gasteiger partial charge on any atom is 0.254 e. The van der Waals surface area contributed by atoms with Gasteiger partial charge in [0.1, 0.15) is 12.2 Å². The van der Waals surface area contributed by atoms with Crippen molar-refractivity contribution in [1.29, 1.82) is 0 Å². The smallest absolute Gasteiger partial charge is 0.254 e. The predicted molar refractivity (Wildman–Crippen MR) is 149 cm³/mol. The fourth-order valence-electron chi connectivity index (χ4n) is 4.09. The summed E-state index contributed by atoms with van der Waals surface area (Å²) in [6, 6.07) is 24.9. The molecule has 0 saturated heterocycles. The summed E-state index contributed by atoms with van der Waals surface area (Å²) in [6.45, 7) is -0.323. The molecule has 0 aliphatic rings. The lowest BCUT2D eigenvalue weighted by atomic mass is 9.92. The van der Waals surface area contributed by atoms with Crippen LogP contribution in [0.15, 0.2) is 84.9 Å². The minimum atomic E-state index is -1.97. The zero-order valence-corrected chi connectivity index (χ0v) is 22.3. The summed E-state index contributed by atoms with van der Waals surface area (Å²) >= 11 is 0. The number of benzene rings is 3. The van der Waals surface area contributed by atoms with Crippen molar-refractivity contribution in [3.8, 4) is 5.75 Å². The Morgan fingerprint density at radius 1 is 0.850 bits per heavy atom.